The first-order chi connectivity index (χ1) is 6.68. The average molecular weight is 254 g/mol. The van der Waals surface area contributed by atoms with E-state index < -0.39 is 0 Å². The third-order valence-electron chi connectivity index (χ3n) is 1.77. The molecule has 0 unspecified atom stereocenters. The Morgan fingerprint density at radius 2 is 2.14 bits per heavy atom. The summed E-state index contributed by atoms with van der Waals surface area (Å²) in [6.07, 6.45) is 5.01. The van der Waals surface area contributed by atoms with Crippen molar-refractivity contribution in [2.24, 2.45) is 0 Å². The highest BCUT2D eigenvalue weighted by atomic mass is 79.9. The number of halogens is 1. The zero-order valence-corrected chi connectivity index (χ0v) is 8.77. The smallest absolute Gasteiger partial charge is 0.178 e. The molecule has 0 fully saturated rings. The minimum Gasteiger partial charge on any atom is -0.397 e. The molecule has 2 aromatic heterocycles. The largest absolute Gasteiger partial charge is 0.397 e. The number of nitrogens with two attached hydrogens (primary N) is 2. The van der Waals surface area contributed by atoms with Crippen LogP contribution in [0.2, 0.25) is 0 Å². The molecule has 72 valence electrons. The molecular formula is C8H8BrN5. The molecule has 14 heavy (non-hydrogen) atoms. The second-order valence-electron chi connectivity index (χ2n) is 2.74. The van der Waals surface area contributed by atoms with E-state index >= 15 is 0 Å². The van der Waals surface area contributed by atoms with E-state index in [9.17, 15) is 0 Å². The summed E-state index contributed by atoms with van der Waals surface area (Å²) >= 11 is 3.29. The van der Waals surface area contributed by atoms with Crippen molar-refractivity contribution in [3.05, 3.63) is 29.1 Å². The maximum Gasteiger partial charge on any atom is 0.178 e. The summed E-state index contributed by atoms with van der Waals surface area (Å²) in [4.78, 5) is 4.10. The number of aromatic nitrogens is 3. The van der Waals surface area contributed by atoms with Crippen LogP contribution < -0.4 is 11.5 Å². The van der Waals surface area contributed by atoms with Gasteiger partial charge in [-0.1, -0.05) is 0 Å². The zero-order chi connectivity index (χ0) is 10.1. The number of nitrogen functional groups attached to an aromatic ring is 2. The van der Waals surface area contributed by atoms with Gasteiger partial charge in [-0.15, -0.1) is 0 Å². The summed E-state index contributed by atoms with van der Waals surface area (Å²) < 4.78 is 2.43. The Morgan fingerprint density at radius 1 is 1.36 bits per heavy atom. The maximum atomic E-state index is 5.76. The molecule has 4 N–H and O–H groups in total. The number of hydrogen-bond acceptors (Lipinski definition) is 4. The highest BCUT2D eigenvalue weighted by Crippen LogP contribution is 2.21. The van der Waals surface area contributed by atoms with Crippen LogP contribution >= 0.6 is 15.9 Å². The van der Waals surface area contributed by atoms with Gasteiger partial charge in [0.1, 0.15) is 5.69 Å². The van der Waals surface area contributed by atoms with Crippen LogP contribution in [0.1, 0.15) is 0 Å². The summed E-state index contributed by atoms with van der Waals surface area (Å²) in [6.45, 7) is 0. The minimum absolute atomic E-state index is 0.433. The van der Waals surface area contributed by atoms with Gasteiger partial charge in [0.2, 0.25) is 0 Å². The van der Waals surface area contributed by atoms with Crippen LogP contribution in [0.25, 0.3) is 5.82 Å². The Bertz CT molecular complexity index is 465. The summed E-state index contributed by atoms with van der Waals surface area (Å²) in [5, 5.41) is 4.06. The molecule has 0 amide bonds. The van der Waals surface area contributed by atoms with Gasteiger partial charge < -0.3 is 11.5 Å². The standard InChI is InChI=1S/C8H8BrN5/c9-5-3-13-14(4-5)8-7(11)6(10)1-2-12-8/h1-4H,11H2,(H2,10,12). The van der Waals surface area contributed by atoms with Crippen LogP contribution in [0.5, 0.6) is 0 Å². The first-order valence-electron chi connectivity index (χ1n) is 3.89. The van der Waals surface area contributed by atoms with Crippen molar-refractivity contribution in [3.63, 3.8) is 0 Å². The monoisotopic (exact) mass is 253 g/mol. The molecule has 2 rings (SSSR count). The van der Waals surface area contributed by atoms with Crippen LogP contribution in [-0.4, -0.2) is 14.8 Å². The molecule has 0 aliphatic heterocycles. The Labute approximate surface area is 88.9 Å². The zero-order valence-electron chi connectivity index (χ0n) is 7.18. The second-order valence-corrected chi connectivity index (χ2v) is 3.66. The summed E-state index contributed by atoms with van der Waals surface area (Å²) in [5.74, 6) is 0.538. The van der Waals surface area contributed by atoms with Crippen molar-refractivity contribution in [1.82, 2.24) is 14.8 Å². The lowest BCUT2D eigenvalue weighted by molar-refractivity contribution is 0.850. The van der Waals surface area contributed by atoms with Gasteiger partial charge in [-0.3, -0.25) is 0 Å². The quantitative estimate of drug-likeness (QED) is 0.800. The molecule has 2 heterocycles. The van der Waals surface area contributed by atoms with E-state index in [-0.39, 0.29) is 0 Å². The second kappa shape index (κ2) is 3.30. The van der Waals surface area contributed by atoms with Gasteiger partial charge in [0.15, 0.2) is 5.82 Å². The number of anilines is 2. The van der Waals surface area contributed by atoms with Gasteiger partial charge in [-0.05, 0) is 22.0 Å². The van der Waals surface area contributed by atoms with Crippen LogP contribution in [-0.2, 0) is 0 Å². The van der Waals surface area contributed by atoms with E-state index in [0.717, 1.165) is 4.47 Å². The van der Waals surface area contributed by atoms with E-state index in [2.05, 4.69) is 26.0 Å². The molecule has 0 aliphatic carbocycles. The van der Waals surface area contributed by atoms with Gasteiger partial charge >= 0.3 is 0 Å². The third kappa shape index (κ3) is 1.44. The van der Waals surface area contributed by atoms with Crippen molar-refractivity contribution < 1.29 is 0 Å². The Kier molecular flexibility index (Phi) is 2.12. The summed E-state index contributed by atoms with van der Waals surface area (Å²) in [7, 11) is 0. The Balaban J connectivity index is 2.57. The normalized spacial score (nSPS) is 10.4. The molecule has 6 heteroatoms. The molecule has 0 atom stereocenters. The van der Waals surface area contributed by atoms with Crippen LogP contribution in [0.3, 0.4) is 0 Å². The molecule has 0 saturated carbocycles. The van der Waals surface area contributed by atoms with E-state index in [1.54, 1.807) is 29.3 Å². The Morgan fingerprint density at radius 3 is 2.79 bits per heavy atom. The number of rotatable bonds is 1. The molecule has 0 bridgehead atoms. The molecule has 5 nitrogen and oxygen atoms in total. The summed E-state index contributed by atoms with van der Waals surface area (Å²) in [6, 6.07) is 1.65. The lowest BCUT2D eigenvalue weighted by atomic mass is 10.3. The molecule has 0 aromatic carbocycles. The van der Waals surface area contributed by atoms with Crippen molar-refractivity contribution in [2.75, 3.05) is 11.5 Å². The Hall–Kier alpha value is -1.56. The van der Waals surface area contributed by atoms with Crippen molar-refractivity contribution in [2.45, 2.75) is 0 Å². The lowest BCUT2D eigenvalue weighted by Gasteiger charge is -2.05. The van der Waals surface area contributed by atoms with Gasteiger partial charge in [-0.2, -0.15) is 5.10 Å². The topological polar surface area (TPSA) is 82.8 Å². The highest BCUT2D eigenvalue weighted by molar-refractivity contribution is 9.10. The van der Waals surface area contributed by atoms with E-state index in [1.165, 1.54) is 0 Å². The van der Waals surface area contributed by atoms with Gasteiger partial charge in [0, 0.05) is 12.4 Å². The minimum atomic E-state index is 0.433. The highest BCUT2D eigenvalue weighted by Gasteiger charge is 2.06. The molecule has 0 radical (unpaired) electrons. The molecule has 0 spiro atoms. The van der Waals surface area contributed by atoms with Crippen LogP contribution in [0, 0.1) is 0 Å². The fourth-order valence-corrected chi connectivity index (χ4v) is 1.36. The van der Waals surface area contributed by atoms with Gasteiger partial charge in [-0.25, -0.2) is 9.67 Å². The molecule has 0 saturated heterocycles. The fourth-order valence-electron chi connectivity index (χ4n) is 1.08. The molecular weight excluding hydrogens is 246 g/mol. The van der Waals surface area contributed by atoms with Gasteiger partial charge in [0.05, 0.1) is 16.4 Å². The van der Waals surface area contributed by atoms with Gasteiger partial charge in [0.25, 0.3) is 0 Å². The van der Waals surface area contributed by atoms with E-state index in [0.29, 0.717) is 17.2 Å². The van der Waals surface area contributed by atoms with Crippen LogP contribution in [0.15, 0.2) is 29.1 Å². The summed E-state index contributed by atoms with van der Waals surface area (Å²) in [5.41, 5.74) is 12.3. The van der Waals surface area contributed by atoms with Crippen LogP contribution in [0.4, 0.5) is 11.4 Å². The molecule has 0 aliphatic rings. The third-order valence-corrected chi connectivity index (χ3v) is 2.18. The van der Waals surface area contributed by atoms with E-state index in [4.69, 9.17) is 11.5 Å². The first kappa shape index (κ1) is 9.01. The average Bonchev–Trinajstić information content (AvgIpc) is 2.57. The number of hydrogen-bond donors (Lipinski definition) is 2. The SMILES string of the molecule is Nc1ccnc(-n2cc(Br)cn2)c1N. The fraction of sp³-hybridized carbons (Fsp3) is 0. The lowest BCUT2D eigenvalue weighted by Crippen LogP contribution is -2.05. The maximum absolute atomic E-state index is 5.76. The predicted molar refractivity (Wildman–Crippen MR) is 57.9 cm³/mol. The first-order valence-corrected chi connectivity index (χ1v) is 4.68. The van der Waals surface area contributed by atoms with Crippen molar-refractivity contribution in [3.8, 4) is 5.82 Å². The van der Waals surface area contributed by atoms with Crippen molar-refractivity contribution in [1.29, 1.82) is 0 Å². The van der Waals surface area contributed by atoms with E-state index in [1.807, 2.05) is 0 Å². The van der Waals surface area contributed by atoms with Crippen molar-refractivity contribution >= 4 is 27.3 Å². The molecule has 2 aromatic rings. The predicted octanol–water partition coefficient (Wildman–Crippen LogP) is 1.19. The number of nitrogens with zero attached hydrogens (tertiary/aromatic N) is 3. The number of pyridine rings is 1.